The molecule has 0 aromatic heterocycles. The van der Waals surface area contributed by atoms with E-state index in [-0.39, 0.29) is 11.8 Å². The Morgan fingerprint density at radius 2 is 0.950 bits per heavy atom. The molecule has 2 aliphatic heterocycles. The molecule has 6 nitrogen and oxygen atoms in total. The standard InChI is InChI=1S/C14H26N4O2/c1-15-5-9-17(10-6-15)13(19)3-4-14(20)18-11-7-16(2)8-12-18/h3-12H2,1-2H3. The third kappa shape index (κ3) is 4.18. The van der Waals surface area contributed by atoms with Gasteiger partial charge in [-0.05, 0) is 14.1 Å². The Morgan fingerprint density at radius 1 is 0.650 bits per heavy atom. The summed E-state index contributed by atoms with van der Waals surface area (Å²) < 4.78 is 0. The third-order valence-corrected chi connectivity index (χ3v) is 4.26. The summed E-state index contributed by atoms with van der Waals surface area (Å²) in [6.45, 7) is 6.87. The molecule has 20 heavy (non-hydrogen) atoms. The van der Waals surface area contributed by atoms with Crippen LogP contribution in [-0.2, 0) is 9.59 Å². The number of rotatable bonds is 3. The average molecular weight is 282 g/mol. The SMILES string of the molecule is CN1CCN(C(=O)CCC(=O)N2CCN(C)CC2)CC1. The first-order valence-electron chi connectivity index (χ1n) is 7.49. The first-order valence-corrected chi connectivity index (χ1v) is 7.49. The predicted octanol–water partition coefficient (Wildman–Crippen LogP) is -0.685. The lowest BCUT2D eigenvalue weighted by Gasteiger charge is -2.34. The molecule has 0 saturated carbocycles. The van der Waals surface area contributed by atoms with E-state index in [0.717, 1.165) is 52.4 Å². The Labute approximate surface area is 121 Å². The van der Waals surface area contributed by atoms with Gasteiger partial charge in [0.2, 0.25) is 11.8 Å². The molecule has 2 rings (SSSR count). The second kappa shape index (κ2) is 7.04. The summed E-state index contributed by atoms with van der Waals surface area (Å²) in [6.07, 6.45) is 0.712. The maximum absolute atomic E-state index is 12.1. The van der Waals surface area contributed by atoms with E-state index in [1.165, 1.54) is 0 Å². The lowest BCUT2D eigenvalue weighted by Crippen LogP contribution is -2.48. The van der Waals surface area contributed by atoms with Gasteiger partial charge in [0.1, 0.15) is 0 Å². The van der Waals surface area contributed by atoms with Gasteiger partial charge in [-0.2, -0.15) is 0 Å². The van der Waals surface area contributed by atoms with Gasteiger partial charge in [-0.3, -0.25) is 9.59 Å². The van der Waals surface area contributed by atoms with E-state index in [0.29, 0.717) is 12.8 Å². The van der Waals surface area contributed by atoms with Crippen LogP contribution in [0.4, 0.5) is 0 Å². The molecule has 0 bridgehead atoms. The second-order valence-electron chi connectivity index (χ2n) is 5.87. The smallest absolute Gasteiger partial charge is 0.223 e. The highest BCUT2D eigenvalue weighted by molar-refractivity contribution is 5.84. The van der Waals surface area contributed by atoms with Crippen molar-refractivity contribution in [3.63, 3.8) is 0 Å². The van der Waals surface area contributed by atoms with Crippen LogP contribution in [0.2, 0.25) is 0 Å². The van der Waals surface area contributed by atoms with Crippen LogP contribution in [0, 0.1) is 0 Å². The minimum Gasteiger partial charge on any atom is -0.340 e. The molecule has 2 heterocycles. The average Bonchev–Trinajstić information content (AvgIpc) is 2.46. The maximum atomic E-state index is 12.1. The Bertz CT molecular complexity index is 311. The highest BCUT2D eigenvalue weighted by atomic mass is 16.2. The van der Waals surface area contributed by atoms with Crippen LogP contribution in [-0.4, -0.2) is 97.9 Å². The van der Waals surface area contributed by atoms with Gasteiger partial charge in [0, 0.05) is 65.2 Å². The fourth-order valence-corrected chi connectivity index (χ4v) is 2.64. The lowest BCUT2D eigenvalue weighted by molar-refractivity contribution is -0.138. The zero-order chi connectivity index (χ0) is 14.5. The van der Waals surface area contributed by atoms with Crippen molar-refractivity contribution in [1.82, 2.24) is 19.6 Å². The van der Waals surface area contributed by atoms with Crippen LogP contribution in [0.1, 0.15) is 12.8 Å². The van der Waals surface area contributed by atoms with Gasteiger partial charge in [-0.1, -0.05) is 0 Å². The van der Waals surface area contributed by atoms with E-state index in [1.54, 1.807) is 0 Å². The number of hydrogen-bond acceptors (Lipinski definition) is 4. The first-order chi connectivity index (χ1) is 9.56. The van der Waals surface area contributed by atoms with Crippen LogP contribution in [0.15, 0.2) is 0 Å². The van der Waals surface area contributed by atoms with Crippen molar-refractivity contribution in [2.24, 2.45) is 0 Å². The van der Waals surface area contributed by atoms with E-state index < -0.39 is 0 Å². The fraction of sp³-hybridized carbons (Fsp3) is 0.857. The summed E-state index contributed by atoms with van der Waals surface area (Å²) in [6, 6.07) is 0. The molecule has 2 amide bonds. The molecule has 2 fully saturated rings. The van der Waals surface area contributed by atoms with Gasteiger partial charge in [0.25, 0.3) is 0 Å². The van der Waals surface area contributed by atoms with Crippen LogP contribution in [0.3, 0.4) is 0 Å². The maximum Gasteiger partial charge on any atom is 0.223 e. The van der Waals surface area contributed by atoms with Crippen molar-refractivity contribution < 1.29 is 9.59 Å². The number of piperazine rings is 2. The van der Waals surface area contributed by atoms with Crippen molar-refractivity contribution in [2.75, 3.05) is 66.5 Å². The third-order valence-electron chi connectivity index (χ3n) is 4.26. The molecule has 0 unspecified atom stereocenters. The van der Waals surface area contributed by atoms with E-state index in [4.69, 9.17) is 0 Å². The van der Waals surface area contributed by atoms with Gasteiger partial charge < -0.3 is 19.6 Å². The van der Waals surface area contributed by atoms with Crippen LogP contribution < -0.4 is 0 Å². The fourth-order valence-electron chi connectivity index (χ4n) is 2.64. The Kier molecular flexibility index (Phi) is 5.37. The molecular formula is C14H26N4O2. The number of carbonyl (C=O) groups excluding carboxylic acids is 2. The summed E-state index contributed by atoms with van der Waals surface area (Å²) in [5.74, 6) is 0.251. The summed E-state index contributed by atoms with van der Waals surface area (Å²) in [4.78, 5) is 32.4. The van der Waals surface area contributed by atoms with E-state index in [9.17, 15) is 9.59 Å². The predicted molar refractivity (Wildman–Crippen MR) is 77.4 cm³/mol. The summed E-state index contributed by atoms with van der Waals surface area (Å²) in [7, 11) is 4.14. The number of carbonyl (C=O) groups is 2. The molecule has 114 valence electrons. The minimum atomic E-state index is 0.126. The van der Waals surface area contributed by atoms with Crippen molar-refractivity contribution in [2.45, 2.75) is 12.8 Å². The highest BCUT2D eigenvalue weighted by Crippen LogP contribution is 2.07. The number of likely N-dealkylation sites (N-methyl/N-ethyl adjacent to an activating group) is 2. The van der Waals surface area contributed by atoms with E-state index in [2.05, 4.69) is 23.9 Å². The molecule has 0 radical (unpaired) electrons. The van der Waals surface area contributed by atoms with Gasteiger partial charge in [-0.25, -0.2) is 0 Å². The minimum absolute atomic E-state index is 0.126. The lowest BCUT2D eigenvalue weighted by atomic mass is 10.2. The molecule has 0 spiro atoms. The van der Waals surface area contributed by atoms with Crippen LogP contribution in [0.5, 0.6) is 0 Å². The molecule has 6 heteroatoms. The summed E-state index contributed by atoms with van der Waals surface area (Å²) in [5, 5.41) is 0. The van der Waals surface area contributed by atoms with Gasteiger partial charge in [-0.15, -0.1) is 0 Å². The van der Waals surface area contributed by atoms with E-state index >= 15 is 0 Å². The molecular weight excluding hydrogens is 256 g/mol. The quantitative estimate of drug-likeness (QED) is 0.688. The van der Waals surface area contributed by atoms with Gasteiger partial charge >= 0.3 is 0 Å². The molecule has 2 saturated heterocycles. The Hall–Kier alpha value is -1.14. The van der Waals surface area contributed by atoms with Crippen molar-refractivity contribution >= 4 is 11.8 Å². The largest absolute Gasteiger partial charge is 0.340 e. The van der Waals surface area contributed by atoms with Crippen molar-refractivity contribution in [3.8, 4) is 0 Å². The normalized spacial score (nSPS) is 22.1. The molecule has 0 N–H and O–H groups in total. The zero-order valence-electron chi connectivity index (χ0n) is 12.7. The van der Waals surface area contributed by atoms with Crippen LogP contribution >= 0.6 is 0 Å². The van der Waals surface area contributed by atoms with Gasteiger partial charge in [0.05, 0.1) is 0 Å². The Balaban J connectivity index is 1.69. The van der Waals surface area contributed by atoms with Crippen molar-refractivity contribution in [1.29, 1.82) is 0 Å². The van der Waals surface area contributed by atoms with Crippen molar-refractivity contribution in [3.05, 3.63) is 0 Å². The monoisotopic (exact) mass is 282 g/mol. The first kappa shape index (κ1) is 15.3. The Morgan fingerprint density at radius 3 is 1.25 bits per heavy atom. The van der Waals surface area contributed by atoms with E-state index in [1.807, 2.05) is 9.80 Å². The number of hydrogen-bond donors (Lipinski definition) is 0. The molecule has 2 aliphatic rings. The summed E-state index contributed by atoms with van der Waals surface area (Å²) >= 11 is 0. The molecule has 0 aromatic rings. The van der Waals surface area contributed by atoms with Crippen LogP contribution in [0.25, 0.3) is 0 Å². The van der Waals surface area contributed by atoms with Gasteiger partial charge in [0.15, 0.2) is 0 Å². The highest BCUT2D eigenvalue weighted by Gasteiger charge is 2.22. The zero-order valence-corrected chi connectivity index (χ0v) is 12.7. The second-order valence-corrected chi connectivity index (χ2v) is 5.87. The number of nitrogens with zero attached hydrogens (tertiary/aromatic N) is 4. The summed E-state index contributed by atoms with van der Waals surface area (Å²) in [5.41, 5.74) is 0. The molecule has 0 aliphatic carbocycles. The molecule has 0 atom stereocenters. The molecule has 0 aromatic carbocycles. The topological polar surface area (TPSA) is 47.1 Å². The number of amides is 2.